The fourth-order valence-corrected chi connectivity index (χ4v) is 3.17. The molecule has 3 rings (SSSR count). The summed E-state index contributed by atoms with van der Waals surface area (Å²) in [5, 5.41) is 5.84. The molecule has 0 aliphatic carbocycles. The Hall–Kier alpha value is -3.06. The number of hydrogen-bond acceptors (Lipinski definition) is 7. The van der Waals surface area contributed by atoms with Crippen molar-refractivity contribution in [3.63, 3.8) is 0 Å². The second-order valence-corrected chi connectivity index (χ2v) is 6.16. The molecule has 0 unspecified atom stereocenters. The lowest BCUT2D eigenvalue weighted by Gasteiger charge is -2.08. The first-order valence-electron chi connectivity index (χ1n) is 7.78. The van der Waals surface area contributed by atoms with Crippen molar-refractivity contribution >= 4 is 28.1 Å². The first-order chi connectivity index (χ1) is 12.6. The van der Waals surface area contributed by atoms with Crippen LogP contribution in [0.1, 0.15) is 10.4 Å². The van der Waals surface area contributed by atoms with Crippen molar-refractivity contribution in [3.05, 3.63) is 53.4 Å². The Morgan fingerprint density at radius 2 is 1.92 bits per heavy atom. The molecule has 0 aliphatic rings. The van der Waals surface area contributed by atoms with Gasteiger partial charge in [0, 0.05) is 16.6 Å². The minimum atomic E-state index is -0.380. The summed E-state index contributed by atoms with van der Waals surface area (Å²) >= 11 is 1.46. The lowest BCUT2D eigenvalue weighted by atomic mass is 10.1. The van der Waals surface area contributed by atoms with Crippen LogP contribution in [0.3, 0.4) is 0 Å². The maximum Gasteiger partial charge on any atom is 0.337 e. The van der Waals surface area contributed by atoms with Gasteiger partial charge in [-0.15, -0.1) is 11.3 Å². The third-order valence-corrected chi connectivity index (χ3v) is 4.48. The summed E-state index contributed by atoms with van der Waals surface area (Å²) in [5.41, 5.74) is 2.85. The Labute approximate surface area is 155 Å². The number of thiazole rings is 1. The van der Waals surface area contributed by atoms with E-state index in [9.17, 15) is 4.79 Å². The largest absolute Gasteiger partial charge is 0.497 e. The highest BCUT2D eigenvalue weighted by molar-refractivity contribution is 7.14. The van der Waals surface area contributed by atoms with Crippen LogP contribution in [0.5, 0.6) is 11.5 Å². The summed E-state index contributed by atoms with van der Waals surface area (Å²) in [7, 11) is 4.60. The van der Waals surface area contributed by atoms with Crippen LogP contribution >= 0.6 is 11.3 Å². The van der Waals surface area contributed by atoms with Gasteiger partial charge >= 0.3 is 5.97 Å². The van der Waals surface area contributed by atoms with Crippen molar-refractivity contribution in [1.82, 2.24) is 4.98 Å². The number of aromatic nitrogens is 1. The van der Waals surface area contributed by atoms with Crippen LogP contribution in [0.15, 0.2) is 47.8 Å². The van der Waals surface area contributed by atoms with Gasteiger partial charge in [-0.1, -0.05) is 6.07 Å². The van der Waals surface area contributed by atoms with Gasteiger partial charge in [-0.2, -0.15) is 0 Å². The second kappa shape index (κ2) is 7.88. The van der Waals surface area contributed by atoms with Gasteiger partial charge < -0.3 is 19.5 Å². The first kappa shape index (κ1) is 17.8. The number of methoxy groups -OCH3 is 3. The van der Waals surface area contributed by atoms with Crippen molar-refractivity contribution in [3.8, 4) is 22.8 Å². The van der Waals surface area contributed by atoms with E-state index in [4.69, 9.17) is 14.2 Å². The monoisotopic (exact) mass is 370 g/mol. The molecular weight excluding hydrogens is 352 g/mol. The average Bonchev–Trinajstić information content (AvgIpc) is 3.15. The third kappa shape index (κ3) is 3.78. The molecule has 1 aromatic heterocycles. The quantitative estimate of drug-likeness (QED) is 0.650. The number of nitrogens with zero attached hydrogens (tertiary/aromatic N) is 1. The molecule has 0 saturated heterocycles. The predicted molar refractivity (Wildman–Crippen MR) is 102 cm³/mol. The summed E-state index contributed by atoms with van der Waals surface area (Å²) in [6.45, 7) is 0. The van der Waals surface area contributed by atoms with Gasteiger partial charge in [0.25, 0.3) is 0 Å². The normalized spacial score (nSPS) is 10.3. The molecule has 0 bridgehead atoms. The Bertz CT molecular complexity index is 923. The Morgan fingerprint density at radius 1 is 1.08 bits per heavy atom. The highest BCUT2D eigenvalue weighted by Gasteiger charge is 2.12. The minimum Gasteiger partial charge on any atom is -0.497 e. The van der Waals surface area contributed by atoms with Crippen molar-refractivity contribution in [2.75, 3.05) is 26.6 Å². The molecule has 2 aromatic carbocycles. The molecule has 0 radical (unpaired) electrons. The molecule has 0 amide bonds. The Morgan fingerprint density at radius 3 is 2.65 bits per heavy atom. The molecule has 0 spiro atoms. The Kier molecular flexibility index (Phi) is 5.38. The van der Waals surface area contributed by atoms with Crippen molar-refractivity contribution < 1.29 is 19.0 Å². The van der Waals surface area contributed by atoms with Gasteiger partial charge in [0.2, 0.25) is 0 Å². The van der Waals surface area contributed by atoms with Crippen molar-refractivity contribution in [2.45, 2.75) is 0 Å². The number of carbonyl (C=O) groups is 1. The van der Waals surface area contributed by atoms with E-state index in [0.29, 0.717) is 10.7 Å². The van der Waals surface area contributed by atoms with E-state index in [1.165, 1.54) is 18.4 Å². The van der Waals surface area contributed by atoms with Crippen molar-refractivity contribution in [1.29, 1.82) is 0 Å². The SMILES string of the molecule is COC(=O)c1cccc(Nc2nc(-c3cc(OC)ccc3OC)cs2)c1. The standard InChI is InChI=1S/C19H18N2O4S/c1-23-14-7-8-17(24-2)15(10-14)16-11-26-19(21-16)20-13-6-4-5-12(9-13)18(22)25-3/h4-11H,1-3H3,(H,20,21). The third-order valence-electron chi connectivity index (χ3n) is 3.72. The van der Waals surface area contributed by atoms with Crippen LogP contribution in [0.2, 0.25) is 0 Å². The van der Waals surface area contributed by atoms with Gasteiger partial charge in [0.15, 0.2) is 5.13 Å². The zero-order chi connectivity index (χ0) is 18.5. The number of hydrogen-bond donors (Lipinski definition) is 1. The van der Waals surface area contributed by atoms with Crippen LogP contribution < -0.4 is 14.8 Å². The summed E-state index contributed by atoms with van der Waals surface area (Å²) < 4.78 is 15.4. The van der Waals surface area contributed by atoms with Crippen LogP contribution in [0.25, 0.3) is 11.3 Å². The smallest absolute Gasteiger partial charge is 0.337 e. The molecule has 6 nitrogen and oxygen atoms in total. The highest BCUT2D eigenvalue weighted by atomic mass is 32.1. The van der Waals surface area contributed by atoms with Crippen LogP contribution in [0, 0.1) is 0 Å². The van der Waals surface area contributed by atoms with Gasteiger partial charge in [0.05, 0.1) is 32.6 Å². The van der Waals surface area contributed by atoms with Gasteiger partial charge in [-0.25, -0.2) is 9.78 Å². The van der Waals surface area contributed by atoms with Crippen LogP contribution in [0.4, 0.5) is 10.8 Å². The number of nitrogens with one attached hydrogen (secondary N) is 1. The maximum atomic E-state index is 11.6. The molecule has 3 aromatic rings. The number of rotatable bonds is 6. The second-order valence-electron chi connectivity index (χ2n) is 5.30. The summed E-state index contributed by atoms with van der Waals surface area (Å²) in [6.07, 6.45) is 0. The number of carbonyl (C=O) groups excluding carboxylic acids is 1. The van der Waals surface area contributed by atoms with Gasteiger partial charge in [-0.05, 0) is 36.4 Å². The predicted octanol–water partition coefficient (Wildman–Crippen LogP) is 4.36. The Balaban J connectivity index is 1.86. The van der Waals surface area contributed by atoms with E-state index in [0.717, 1.165) is 28.4 Å². The van der Waals surface area contributed by atoms with E-state index in [1.54, 1.807) is 32.4 Å². The van der Waals surface area contributed by atoms with Gasteiger partial charge in [0.1, 0.15) is 11.5 Å². The fraction of sp³-hybridized carbons (Fsp3) is 0.158. The summed E-state index contributed by atoms with van der Waals surface area (Å²) in [4.78, 5) is 16.3. The lowest BCUT2D eigenvalue weighted by molar-refractivity contribution is 0.0601. The molecule has 134 valence electrons. The van der Waals surface area contributed by atoms with Crippen LogP contribution in [-0.2, 0) is 4.74 Å². The fourth-order valence-electron chi connectivity index (χ4n) is 2.43. The number of benzene rings is 2. The average molecular weight is 370 g/mol. The zero-order valence-electron chi connectivity index (χ0n) is 14.6. The number of anilines is 2. The first-order valence-corrected chi connectivity index (χ1v) is 8.66. The summed E-state index contributed by atoms with van der Waals surface area (Å²) in [6, 6.07) is 12.6. The molecule has 0 fully saturated rings. The zero-order valence-corrected chi connectivity index (χ0v) is 15.4. The molecular formula is C19H18N2O4S. The van der Waals surface area contributed by atoms with E-state index in [1.807, 2.05) is 29.6 Å². The molecule has 1 N–H and O–H groups in total. The maximum absolute atomic E-state index is 11.6. The molecule has 7 heteroatoms. The van der Waals surface area contributed by atoms with Gasteiger partial charge in [-0.3, -0.25) is 0 Å². The van der Waals surface area contributed by atoms with Crippen molar-refractivity contribution in [2.24, 2.45) is 0 Å². The highest BCUT2D eigenvalue weighted by Crippen LogP contribution is 2.35. The lowest BCUT2D eigenvalue weighted by Crippen LogP contribution is -2.01. The number of esters is 1. The number of ether oxygens (including phenoxy) is 3. The topological polar surface area (TPSA) is 69.7 Å². The molecule has 26 heavy (non-hydrogen) atoms. The van der Waals surface area contributed by atoms with E-state index in [2.05, 4.69) is 10.3 Å². The molecule has 1 heterocycles. The van der Waals surface area contributed by atoms with E-state index in [-0.39, 0.29) is 5.97 Å². The molecule has 0 aliphatic heterocycles. The van der Waals surface area contributed by atoms with Crippen LogP contribution in [-0.4, -0.2) is 32.3 Å². The minimum absolute atomic E-state index is 0.380. The molecule has 0 saturated carbocycles. The molecule has 0 atom stereocenters. The van der Waals surface area contributed by atoms with E-state index >= 15 is 0 Å². The van der Waals surface area contributed by atoms with E-state index < -0.39 is 0 Å². The summed E-state index contributed by atoms with van der Waals surface area (Å²) in [5.74, 6) is 1.07.